The number of carbonyl (C=O) groups is 1. The minimum absolute atomic E-state index is 0.139. The highest BCUT2D eigenvalue weighted by atomic mass is 16.6. The lowest BCUT2D eigenvalue weighted by atomic mass is 9.77. The smallest absolute Gasteiger partial charge is 0.410 e. The summed E-state index contributed by atoms with van der Waals surface area (Å²) in [5, 5.41) is 0. The minimum Gasteiger partial charge on any atom is -0.444 e. The zero-order chi connectivity index (χ0) is 18.4. The topological polar surface area (TPSA) is 29.5 Å². The molecule has 0 aromatic heterocycles. The number of piperidine rings is 1. The summed E-state index contributed by atoms with van der Waals surface area (Å²) in [4.78, 5) is 14.1. The maximum absolute atomic E-state index is 12.2. The normalized spacial score (nSPS) is 28.7. The lowest BCUT2D eigenvalue weighted by molar-refractivity contribution is 0.0178. The van der Waals surface area contributed by atoms with Gasteiger partial charge in [0.05, 0.1) is 0 Å². The molecule has 142 valence electrons. The van der Waals surface area contributed by atoms with Gasteiger partial charge in [-0.15, -0.1) is 0 Å². The van der Waals surface area contributed by atoms with Gasteiger partial charge in [-0.25, -0.2) is 4.79 Å². The van der Waals surface area contributed by atoms with Crippen LogP contribution in [-0.2, 0) is 16.6 Å². The SMILES string of the molecule is CC(C)(C)OC(=O)N1CCC(CC2CC23CCCc2ccccc23)CC1. The molecule has 26 heavy (non-hydrogen) atoms. The first-order valence-corrected chi connectivity index (χ1v) is 10.4. The van der Waals surface area contributed by atoms with Crippen molar-refractivity contribution in [2.45, 2.75) is 76.7 Å². The summed E-state index contributed by atoms with van der Waals surface area (Å²) < 4.78 is 5.52. The molecule has 1 spiro atoms. The van der Waals surface area contributed by atoms with Crippen molar-refractivity contribution in [3.05, 3.63) is 35.4 Å². The van der Waals surface area contributed by atoms with Crippen molar-refractivity contribution in [2.24, 2.45) is 11.8 Å². The van der Waals surface area contributed by atoms with E-state index in [-0.39, 0.29) is 6.09 Å². The van der Waals surface area contributed by atoms with Crippen molar-refractivity contribution in [3.8, 4) is 0 Å². The van der Waals surface area contributed by atoms with Crippen molar-refractivity contribution >= 4 is 6.09 Å². The molecule has 1 aromatic carbocycles. The molecule has 0 N–H and O–H groups in total. The van der Waals surface area contributed by atoms with Gasteiger partial charge in [-0.1, -0.05) is 24.3 Å². The lowest BCUT2D eigenvalue weighted by Gasteiger charge is -2.34. The van der Waals surface area contributed by atoms with Gasteiger partial charge in [-0.05, 0) is 94.1 Å². The number of rotatable bonds is 2. The summed E-state index contributed by atoms with van der Waals surface area (Å²) in [6.45, 7) is 7.52. The van der Waals surface area contributed by atoms with Gasteiger partial charge in [0.25, 0.3) is 0 Å². The number of hydrogen-bond donors (Lipinski definition) is 0. The number of likely N-dealkylation sites (tertiary alicyclic amines) is 1. The Balaban J connectivity index is 1.31. The van der Waals surface area contributed by atoms with E-state index in [1.165, 1.54) is 32.1 Å². The van der Waals surface area contributed by atoms with E-state index < -0.39 is 5.60 Å². The Labute approximate surface area is 158 Å². The first kappa shape index (κ1) is 17.9. The van der Waals surface area contributed by atoms with Gasteiger partial charge in [0, 0.05) is 13.1 Å². The molecule has 1 heterocycles. The summed E-state index contributed by atoms with van der Waals surface area (Å²) in [6.07, 6.45) is 8.85. The van der Waals surface area contributed by atoms with E-state index in [2.05, 4.69) is 24.3 Å². The molecule has 1 aromatic rings. The Bertz CT molecular complexity index is 669. The highest BCUT2D eigenvalue weighted by Gasteiger charge is 2.56. The van der Waals surface area contributed by atoms with Crippen LogP contribution in [0.5, 0.6) is 0 Å². The Morgan fingerprint density at radius 2 is 1.96 bits per heavy atom. The zero-order valence-electron chi connectivity index (χ0n) is 16.6. The molecule has 1 saturated carbocycles. The predicted octanol–water partition coefficient (Wildman–Crippen LogP) is 5.32. The van der Waals surface area contributed by atoms with Crippen molar-refractivity contribution < 1.29 is 9.53 Å². The number of nitrogens with zero attached hydrogens (tertiary/aromatic N) is 1. The van der Waals surface area contributed by atoms with Gasteiger partial charge in [0.15, 0.2) is 0 Å². The highest BCUT2D eigenvalue weighted by molar-refractivity contribution is 5.68. The van der Waals surface area contributed by atoms with E-state index in [1.807, 2.05) is 25.7 Å². The van der Waals surface area contributed by atoms with Crippen molar-refractivity contribution in [3.63, 3.8) is 0 Å². The van der Waals surface area contributed by atoms with Gasteiger partial charge in [-0.2, -0.15) is 0 Å². The molecule has 1 saturated heterocycles. The van der Waals surface area contributed by atoms with Crippen LogP contribution in [0, 0.1) is 11.8 Å². The summed E-state index contributed by atoms with van der Waals surface area (Å²) in [5.41, 5.74) is 3.35. The quantitative estimate of drug-likeness (QED) is 0.719. The van der Waals surface area contributed by atoms with Crippen LogP contribution in [0.15, 0.2) is 24.3 Å². The number of benzene rings is 1. The molecular weight excluding hydrogens is 322 g/mol. The van der Waals surface area contributed by atoms with E-state index in [4.69, 9.17) is 4.74 Å². The lowest BCUT2D eigenvalue weighted by Crippen LogP contribution is -2.41. The molecule has 2 atom stereocenters. The van der Waals surface area contributed by atoms with E-state index in [0.29, 0.717) is 5.41 Å². The van der Waals surface area contributed by atoms with Crippen molar-refractivity contribution in [1.29, 1.82) is 0 Å². The molecule has 3 nitrogen and oxygen atoms in total. The molecule has 0 bridgehead atoms. The molecule has 4 rings (SSSR count). The molecule has 2 unspecified atom stereocenters. The van der Waals surface area contributed by atoms with Crippen LogP contribution < -0.4 is 0 Å². The van der Waals surface area contributed by atoms with Gasteiger partial charge < -0.3 is 9.64 Å². The Kier molecular flexibility index (Phi) is 4.53. The van der Waals surface area contributed by atoms with Gasteiger partial charge in [0.2, 0.25) is 0 Å². The van der Waals surface area contributed by atoms with Crippen LogP contribution in [0.4, 0.5) is 4.79 Å². The van der Waals surface area contributed by atoms with E-state index in [1.54, 1.807) is 11.1 Å². The number of fused-ring (bicyclic) bond motifs is 2. The average molecular weight is 356 g/mol. The predicted molar refractivity (Wildman–Crippen MR) is 104 cm³/mol. The molecule has 0 radical (unpaired) electrons. The molecule has 2 fully saturated rings. The molecule has 3 heteroatoms. The first-order valence-electron chi connectivity index (χ1n) is 10.4. The standard InChI is InChI=1S/C23H33NO2/c1-22(2,3)26-21(25)24-13-10-17(11-14-24)15-19-16-23(19)12-6-8-18-7-4-5-9-20(18)23/h4-5,7,9,17,19H,6,8,10-16H2,1-3H3. The number of hydrogen-bond acceptors (Lipinski definition) is 2. The van der Waals surface area contributed by atoms with Crippen LogP contribution in [0.25, 0.3) is 0 Å². The van der Waals surface area contributed by atoms with Crippen LogP contribution in [0.1, 0.15) is 70.4 Å². The second-order valence-electron chi connectivity index (χ2n) is 9.71. The summed E-state index contributed by atoms with van der Waals surface area (Å²) >= 11 is 0. The minimum atomic E-state index is -0.400. The zero-order valence-corrected chi connectivity index (χ0v) is 16.6. The van der Waals surface area contributed by atoms with Crippen LogP contribution >= 0.6 is 0 Å². The number of carbonyl (C=O) groups excluding carboxylic acids is 1. The molecule has 2 aliphatic carbocycles. The molecule has 3 aliphatic rings. The van der Waals surface area contributed by atoms with Crippen LogP contribution in [-0.4, -0.2) is 29.7 Å². The summed E-state index contributed by atoms with van der Waals surface area (Å²) in [7, 11) is 0. The fourth-order valence-electron chi connectivity index (χ4n) is 5.36. The number of amides is 1. The first-order chi connectivity index (χ1) is 12.4. The second-order valence-corrected chi connectivity index (χ2v) is 9.71. The fraction of sp³-hybridized carbons (Fsp3) is 0.696. The largest absolute Gasteiger partial charge is 0.444 e. The maximum Gasteiger partial charge on any atom is 0.410 e. The van der Waals surface area contributed by atoms with E-state index in [9.17, 15) is 4.79 Å². The molecular formula is C23H33NO2. The second kappa shape index (κ2) is 6.58. The van der Waals surface area contributed by atoms with Crippen molar-refractivity contribution in [1.82, 2.24) is 4.90 Å². The van der Waals surface area contributed by atoms with E-state index >= 15 is 0 Å². The van der Waals surface area contributed by atoms with Gasteiger partial charge >= 0.3 is 6.09 Å². The summed E-state index contributed by atoms with van der Waals surface area (Å²) in [6, 6.07) is 9.15. The summed E-state index contributed by atoms with van der Waals surface area (Å²) in [5.74, 6) is 1.63. The number of aryl methyl sites for hydroxylation is 1. The van der Waals surface area contributed by atoms with Crippen LogP contribution in [0.3, 0.4) is 0 Å². The molecule has 1 aliphatic heterocycles. The maximum atomic E-state index is 12.2. The van der Waals surface area contributed by atoms with Gasteiger partial charge in [-0.3, -0.25) is 0 Å². The Morgan fingerprint density at radius 1 is 1.23 bits per heavy atom. The fourth-order valence-corrected chi connectivity index (χ4v) is 5.36. The third-order valence-corrected chi connectivity index (χ3v) is 6.74. The van der Waals surface area contributed by atoms with Gasteiger partial charge in [0.1, 0.15) is 5.60 Å². The third-order valence-electron chi connectivity index (χ3n) is 6.74. The number of ether oxygens (including phenoxy) is 1. The molecule has 1 amide bonds. The van der Waals surface area contributed by atoms with Crippen molar-refractivity contribution in [2.75, 3.05) is 13.1 Å². The Morgan fingerprint density at radius 3 is 2.69 bits per heavy atom. The highest BCUT2D eigenvalue weighted by Crippen LogP contribution is 2.62. The van der Waals surface area contributed by atoms with E-state index in [0.717, 1.165) is 37.8 Å². The third kappa shape index (κ3) is 3.50. The average Bonchev–Trinajstić information content (AvgIpc) is 3.27. The monoisotopic (exact) mass is 355 g/mol. The van der Waals surface area contributed by atoms with Crippen LogP contribution in [0.2, 0.25) is 0 Å². The Hall–Kier alpha value is -1.51.